The third-order valence-electron chi connectivity index (χ3n) is 6.58. The minimum absolute atomic E-state index is 0.0309. The first kappa shape index (κ1) is 28.0. The number of halogens is 1. The van der Waals surface area contributed by atoms with Gasteiger partial charge in [-0.1, -0.05) is 29.8 Å². The Morgan fingerprint density at radius 2 is 1.32 bits per heavy atom. The Morgan fingerprint density at radius 3 is 1.78 bits per heavy atom. The number of hydrogen-bond donors (Lipinski definition) is 1. The van der Waals surface area contributed by atoms with E-state index < -0.39 is 17.8 Å². The number of amides is 2. The number of carbonyl (C=O) groups is 3. The second-order valence-corrected chi connectivity index (χ2v) is 10.8. The minimum Gasteiger partial charge on any atom is -0.478 e. The second-order valence-electron chi connectivity index (χ2n) is 10.0. The summed E-state index contributed by atoms with van der Waals surface area (Å²) in [6, 6.07) is 19.1. The van der Waals surface area contributed by atoms with Gasteiger partial charge in [-0.15, -0.1) is 0 Å². The standard InChI is InChI=1S/C32H25ClN2O5S/c1-17-9-18(2)12-22(11-17)34-29(36)26(30(37)35(32(34)41)23-13-19(3)10-20(4)14-23)16-24-6-8-28(40-24)21-5-7-25(31(38)39)27(33)15-21/h5-16H,1-4H3,(H,38,39). The maximum atomic E-state index is 13.9. The number of thiocarbonyl (C=S) groups is 1. The van der Waals surface area contributed by atoms with Crippen LogP contribution in [-0.4, -0.2) is 28.0 Å². The summed E-state index contributed by atoms with van der Waals surface area (Å²) in [5.41, 5.74) is 5.27. The van der Waals surface area contributed by atoms with Crippen LogP contribution in [0.4, 0.5) is 11.4 Å². The molecule has 0 saturated carbocycles. The molecule has 1 fully saturated rings. The SMILES string of the molecule is Cc1cc(C)cc(N2C(=O)C(=Cc3ccc(-c4ccc(C(=O)O)c(Cl)c4)o3)C(=O)N(c3cc(C)cc(C)c3)C2=S)c1. The van der Waals surface area contributed by atoms with Crippen LogP contribution in [0.1, 0.15) is 38.4 Å². The molecule has 7 nitrogen and oxygen atoms in total. The largest absolute Gasteiger partial charge is 0.478 e. The quantitative estimate of drug-likeness (QED) is 0.151. The van der Waals surface area contributed by atoms with Gasteiger partial charge in [0.15, 0.2) is 5.11 Å². The number of anilines is 2. The van der Waals surface area contributed by atoms with Gasteiger partial charge < -0.3 is 9.52 Å². The zero-order valence-corrected chi connectivity index (χ0v) is 24.3. The Bertz CT molecular complexity index is 1690. The summed E-state index contributed by atoms with van der Waals surface area (Å²) in [6.45, 7) is 7.71. The van der Waals surface area contributed by atoms with Crippen molar-refractivity contribution in [3.05, 3.63) is 111 Å². The summed E-state index contributed by atoms with van der Waals surface area (Å²) in [6.07, 6.45) is 1.40. The molecule has 0 radical (unpaired) electrons. The zero-order valence-electron chi connectivity index (χ0n) is 22.7. The number of aromatic carboxylic acids is 1. The van der Waals surface area contributed by atoms with Crippen molar-refractivity contribution in [2.24, 2.45) is 0 Å². The van der Waals surface area contributed by atoms with Crippen molar-refractivity contribution < 1.29 is 23.9 Å². The van der Waals surface area contributed by atoms with Gasteiger partial charge in [0.1, 0.15) is 17.1 Å². The van der Waals surface area contributed by atoms with Crippen molar-refractivity contribution in [2.45, 2.75) is 27.7 Å². The van der Waals surface area contributed by atoms with Crippen molar-refractivity contribution in [3.8, 4) is 11.3 Å². The summed E-state index contributed by atoms with van der Waals surface area (Å²) >= 11 is 11.9. The highest BCUT2D eigenvalue weighted by Crippen LogP contribution is 2.33. The van der Waals surface area contributed by atoms with Crippen molar-refractivity contribution in [2.75, 3.05) is 9.80 Å². The van der Waals surface area contributed by atoms with E-state index in [0.29, 0.717) is 22.7 Å². The molecule has 1 N–H and O–H groups in total. The van der Waals surface area contributed by atoms with Gasteiger partial charge in [0, 0.05) is 5.56 Å². The molecule has 4 aromatic rings. The Balaban J connectivity index is 1.61. The van der Waals surface area contributed by atoms with Gasteiger partial charge in [-0.25, -0.2) is 4.79 Å². The average molecular weight is 585 g/mol. The highest BCUT2D eigenvalue weighted by molar-refractivity contribution is 7.81. The second kappa shape index (κ2) is 10.8. The van der Waals surface area contributed by atoms with Crippen LogP contribution in [0.3, 0.4) is 0 Å². The van der Waals surface area contributed by atoms with E-state index in [1.165, 1.54) is 28.0 Å². The molecule has 41 heavy (non-hydrogen) atoms. The number of hydrogen-bond acceptors (Lipinski definition) is 5. The van der Waals surface area contributed by atoms with Gasteiger partial charge in [0.25, 0.3) is 11.8 Å². The van der Waals surface area contributed by atoms with Crippen molar-refractivity contribution in [1.29, 1.82) is 0 Å². The highest BCUT2D eigenvalue weighted by Gasteiger charge is 2.41. The number of carboxylic acids is 1. The molecule has 2 amide bonds. The molecule has 2 heterocycles. The molecular weight excluding hydrogens is 560 g/mol. The van der Waals surface area contributed by atoms with E-state index in [-0.39, 0.29) is 27.0 Å². The maximum absolute atomic E-state index is 13.9. The van der Waals surface area contributed by atoms with Crippen LogP contribution in [0.5, 0.6) is 0 Å². The number of carbonyl (C=O) groups excluding carboxylic acids is 2. The number of carboxylic acid groups (broad SMARTS) is 1. The van der Waals surface area contributed by atoms with Gasteiger partial charge >= 0.3 is 5.97 Å². The molecule has 0 unspecified atom stereocenters. The first-order chi connectivity index (χ1) is 19.4. The normalized spacial score (nSPS) is 13.7. The summed E-state index contributed by atoms with van der Waals surface area (Å²) in [5.74, 6) is -1.64. The third kappa shape index (κ3) is 5.44. The molecule has 9 heteroatoms. The van der Waals surface area contributed by atoms with Crippen LogP contribution in [-0.2, 0) is 9.59 Å². The summed E-state index contributed by atoms with van der Waals surface area (Å²) in [4.78, 5) is 41.9. The monoisotopic (exact) mass is 584 g/mol. The Hall–Kier alpha value is -4.53. The zero-order chi connectivity index (χ0) is 29.6. The average Bonchev–Trinajstić information content (AvgIpc) is 3.34. The van der Waals surface area contributed by atoms with Gasteiger partial charge in [-0.05, 0) is 117 Å². The molecule has 1 aliphatic heterocycles. The number of rotatable bonds is 5. The molecule has 0 bridgehead atoms. The lowest BCUT2D eigenvalue weighted by Crippen LogP contribution is -2.57. The number of benzene rings is 3. The summed E-state index contributed by atoms with van der Waals surface area (Å²) in [5, 5.41) is 9.37. The molecular formula is C32H25ClN2O5S. The predicted octanol–water partition coefficient (Wildman–Crippen LogP) is 7.28. The lowest BCUT2D eigenvalue weighted by molar-refractivity contribution is -0.120. The fraction of sp³-hybridized carbons (Fsp3) is 0.125. The Labute approximate surface area is 247 Å². The van der Waals surface area contributed by atoms with E-state index in [1.54, 1.807) is 18.2 Å². The van der Waals surface area contributed by atoms with E-state index in [1.807, 2.05) is 64.1 Å². The first-order valence-corrected chi connectivity index (χ1v) is 13.5. The van der Waals surface area contributed by atoms with E-state index in [9.17, 15) is 19.5 Å². The van der Waals surface area contributed by atoms with Gasteiger partial charge in [-0.2, -0.15) is 0 Å². The topological polar surface area (TPSA) is 91.1 Å². The van der Waals surface area contributed by atoms with Crippen molar-refractivity contribution >= 4 is 64.2 Å². The Kier molecular flexibility index (Phi) is 7.38. The van der Waals surface area contributed by atoms with Gasteiger partial charge in [0.05, 0.1) is 22.0 Å². The number of nitrogens with zero attached hydrogens (tertiary/aromatic N) is 2. The van der Waals surface area contributed by atoms with Crippen LogP contribution in [0.15, 0.2) is 76.7 Å². The van der Waals surface area contributed by atoms with E-state index in [4.69, 9.17) is 28.2 Å². The van der Waals surface area contributed by atoms with Crippen LogP contribution in [0.25, 0.3) is 17.4 Å². The van der Waals surface area contributed by atoms with Crippen molar-refractivity contribution in [3.63, 3.8) is 0 Å². The molecule has 1 aromatic heterocycles. The van der Waals surface area contributed by atoms with Crippen LogP contribution >= 0.6 is 23.8 Å². The maximum Gasteiger partial charge on any atom is 0.337 e. The molecule has 1 aliphatic rings. The first-order valence-electron chi connectivity index (χ1n) is 12.7. The molecule has 206 valence electrons. The number of furan rings is 1. The molecule has 5 rings (SSSR count). The third-order valence-corrected chi connectivity index (χ3v) is 7.25. The van der Waals surface area contributed by atoms with E-state index in [2.05, 4.69) is 0 Å². The highest BCUT2D eigenvalue weighted by atomic mass is 35.5. The lowest BCUT2D eigenvalue weighted by atomic mass is 10.0. The molecule has 0 atom stereocenters. The summed E-state index contributed by atoms with van der Waals surface area (Å²) in [7, 11) is 0. The van der Waals surface area contributed by atoms with Crippen LogP contribution in [0.2, 0.25) is 5.02 Å². The van der Waals surface area contributed by atoms with Crippen LogP contribution < -0.4 is 9.80 Å². The molecule has 0 aliphatic carbocycles. The van der Waals surface area contributed by atoms with Gasteiger partial charge in [0.2, 0.25) is 0 Å². The fourth-order valence-corrected chi connectivity index (χ4v) is 5.55. The molecule has 1 saturated heterocycles. The lowest BCUT2D eigenvalue weighted by Gasteiger charge is -2.37. The van der Waals surface area contributed by atoms with Gasteiger partial charge in [-0.3, -0.25) is 19.4 Å². The van der Waals surface area contributed by atoms with E-state index in [0.717, 1.165) is 22.3 Å². The molecule has 0 spiro atoms. The van der Waals surface area contributed by atoms with E-state index >= 15 is 0 Å². The smallest absolute Gasteiger partial charge is 0.337 e. The van der Waals surface area contributed by atoms with Crippen LogP contribution in [0, 0.1) is 27.7 Å². The fourth-order valence-electron chi connectivity index (χ4n) is 4.91. The Morgan fingerprint density at radius 1 is 0.805 bits per heavy atom. The predicted molar refractivity (Wildman–Crippen MR) is 163 cm³/mol. The van der Waals surface area contributed by atoms with Crippen molar-refractivity contribution in [1.82, 2.24) is 0 Å². The number of aryl methyl sites for hydroxylation is 4. The minimum atomic E-state index is -1.14. The molecule has 3 aromatic carbocycles. The summed E-state index contributed by atoms with van der Waals surface area (Å²) < 4.78 is 5.95.